The number of thiol groups is 1. The molecule has 2 rings (SSSR count). The standard InChI is InChI=1S/C16H16BrNOS/c17-14-8-4-7-13(9-14)11-18-16(19)15(20)10-12-5-2-1-3-6-12/h1-9,15,20H,10-11H2,(H,18,19). The lowest BCUT2D eigenvalue weighted by atomic mass is 10.1. The maximum Gasteiger partial charge on any atom is 0.233 e. The second kappa shape index (κ2) is 7.50. The predicted molar refractivity (Wildman–Crippen MR) is 88.9 cm³/mol. The first kappa shape index (κ1) is 15.1. The largest absolute Gasteiger partial charge is 0.351 e. The van der Waals surface area contributed by atoms with Crippen LogP contribution in [0.25, 0.3) is 0 Å². The highest BCUT2D eigenvalue weighted by molar-refractivity contribution is 9.10. The quantitative estimate of drug-likeness (QED) is 0.793. The normalized spacial score (nSPS) is 11.9. The number of halogens is 1. The lowest BCUT2D eigenvalue weighted by Gasteiger charge is -2.12. The molecule has 0 spiro atoms. The molecule has 2 aromatic rings. The van der Waals surface area contributed by atoms with Gasteiger partial charge in [0.05, 0.1) is 5.25 Å². The van der Waals surface area contributed by atoms with Crippen LogP contribution < -0.4 is 5.32 Å². The summed E-state index contributed by atoms with van der Waals surface area (Å²) in [6.45, 7) is 0.518. The van der Waals surface area contributed by atoms with E-state index < -0.39 is 0 Å². The highest BCUT2D eigenvalue weighted by Crippen LogP contribution is 2.12. The summed E-state index contributed by atoms with van der Waals surface area (Å²) >= 11 is 7.80. The Morgan fingerprint density at radius 3 is 2.50 bits per heavy atom. The molecule has 4 heteroatoms. The number of benzene rings is 2. The van der Waals surface area contributed by atoms with Gasteiger partial charge in [0.25, 0.3) is 0 Å². The minimum Gasteiger partial charge on any atom is -0.351 e. The van der Waals surface area contributed by atoms with E-state index in [4.69, 9.17) is 0 Å². The van der Waals surface area contributed by atoms with Crippen LogP contribution in [0.1, 0.15) is 11.1 Å². The molecule has 2 nitrogen and oxygen atoms in total. The van der Waals surface area contributed by atoms with Crippen molar-refractivity contribution in [2.45, 2.75) is 18.2 Å². The van der Waals surface area contributed by atoms with Crippen molar-refractivity contribution in [2.24, 2.45) is 0 Å². The van der Waals surface area contributed by atoms with Crippen LogP contribution in [0.5, 0.6) is 0 Å². The molecule has 20 heavy (non-hydrogen) atoms. The zero-order valence-electron chi connectivity index (χ0n) is 10.9. The van der Waals surface area contributed by atoms with Crippen molar-refractivity contribution in [3.05, 3.63) is 70.2 Å². The molecule has 0 aliphatic heterocycles. The van der Waals surface area contributed by atoms with Crippen LogP contribution in [-0.4, -0.2) is 11.2 Å². The van der Waals surface area contributed by atoms with E-state index in [1.165, 1.54) is 0 Å². The molecule has 0 aromatic heterocycles. The second-order valence-corrected chi connectivity index (χ2v) is 6.09. The maximum absolute atomic E-state index is 12.0. The summed E-state index contributed by atoms with van der Waals surface area (Å²) in [5.74, 6) is -0.0443. The van der Waals surface area contributed by atoms with Crippen LogP contribution in [0.2, 0.25) is 0 Å². The van der Waals surface area contributed by atoms with Gasteiger partial charge >= 0.3 is 0 Å². The van der Waals surface area contributed by atoms with Gasteiger partial charge in [0.2, 0.25) is 5.91 Å². The van der Waals surface area contributed by atoms with Gasteiger partial charge in [0, 0.05) is 11.0 Å². The fourth-order valence-corrected chi connectivity index (χ4v) is 2.63. The van der Waals surface area contributed by atoms with Gasteiger partial charge in [-0.1, -0.05) is 58.4 Å². The number of hydrogen-bond donors (Lipinski definition) is 2. The van der Waals surface area contributed by atoms with E-state index in [-0.39, 0.29) is 11.2 Å². The van der Waals surface area contributed by atoms with Gasteiger partial charge in [-0.05, 0) is 29.7 Å². The molecule has 0 aliphatic carbocycles. The zero-order chi connectivity index (χ0) is 14.4. The Hall–Kier alpha value is -1.26. The summed E-state index contributed by atoms with van der Waals surface area (Å²) in [6.07, 6.45) is 0.633. The summed E-state index contributed by atoms with van der Waals surface area (Å²) in [4.78, 5) is 12.0. The lowest BCUT2D eigenvalue weighted by molar-refractivity contribution is -0.120. The van der Waals surface area contributed by atoms with Crippen molar-refractivity contribution in [3.63, 3.8) is 0 Å². The van der Waals surface area contributed by atoms with Crippen LogP contribution in [0.15, 0.2) is 59.1 Å². The predicted octanol–water partition coefficient (Wildman–Crippen LogP) is 3.61. The number of amides is 1. The summed E-state index contributed by atoms with van der Waals surface area (Å²) in [6, 6.07) is 17.8. The number of carbonyl (C=O) groups is 1. The number of carbonyl (C=O) groups excluding carboxylic acids is 1. The van der Waals surface area contributed by atoms with E-state index in [1.54, 1.807) is 0 Å². The van der Waals surface area contributed by atoms with Crippen molar-refractivity contribution in [1.29, 1.82) is 0 Å². The molecule has 0 radical (unpaired) electrons. The minimum absolute atomic E-state index is 0.0443. The fraction of sp³-hybridized carbons (Fsp3) is 0.188. The number of rotatable bonds is 5. The Bertz CT molecular complexity index is 574. The second-order valence-electron chi connectivity index (χ2n) is 4.55. The fourth-order valence-electron chi connectivity index (χ4n) is 1.88. The van der Waals surface area contributed by atoms with Crippen molar-refractivity contribution in [1.82, 2.24) is 5.32 Å². The molecule has 1 atom stereocenters. The maximum atomic E-state index is 12.0. The Morgan fingerprint density at radius 2 is 1.80 bits per heavy atom. The molecule has 0 saturated heterocycles. The lowest BCUT2D eigenvalue weighted by Crippen LogP contribution is -2.32. The first-order chi connectivity index (χ1) is 9.65. The smallest absolute Gasteiger partial charge is 0.233 e. The van der Waals surface area contributed by atoms with Gasteiger partial charge in [0.15, 0.2) is 0 Å². The highest BCUT2D eigenvalue weighted by atomic mass is 79.9. The Morgan fingerprint density at radius 1 is 1.10 bits per heavy atom. The van der Waals surface area contributed by atoms with E-state index in [9.17, 15) is 4.79 Å². The van der Waals surface area contributed by atoms with E-state index in [1.807, 2.05) is 54.6 Å². The number of nitrogens with one attached hydrogen (secondary N) is 1. The van der Waals surface area contributed by atoms with Gasteiger partial charge < -0.3 is 5.32 Å². The topological polar surface area (TPSA) is 29.1 Å². The van der Waals surface area contributed by atoms with Gasteiger partial charge in [-0.25, -0.2) is 0 Å². The SMILES string of the molecule is O=C(NCc1cccc(Br)c1)C(S)Cc1ccccc1. The van der Waals surface area contributed by atoms with Crippen LogP contribution in [-0.2, 0) is 17.8 Å². The summed E-state index contributed by atoms with van der Waals surface area (Å²) in [7, 11) is 0. The van der Waals surface area contributed by atoms with Crippen molar-refractivity contribution < 1.29 is 4.79 Å². The first-order valence-corrected chi connectivity index (χ1v) is 7.70. The molecule has 104 valence electrons. The average molecular weight is 350 g/mol. The van der Waals surface area contributed by atoms with Crippen LogP contribution in [0.3, 0.4) is 0 Å². The van der Waals surface area contributed by atoms with Crippen LogP contribution in [0, 0.1) is 0 Å². The molecule has 1 unspecified atom stereocenters. The Kier molecular flexibility index (Phi) is 5.68. The van der Waals surface area contributed by atoms with Crippen molar-refractivity contribution >= 4 is 34.5 Å². The third kappa shape index (κ3) is 4.69. The zero-order valence-corrected chi connectivity index (χ0v) is 13.4. The molecule has 0 heterocycles. The van der Waals surface area contributed by atoms with Crippen molar-refractivity contribution in [3.8, 4) is 0 Å². The monoisotopic (exact) mass is 349 g/mol. The van der Waals surface area contributed by atoms with E-state index in [2.05, 4.69) is 33.9 Å². The van der Waals surface area contributed by atoms with Crippen LogP contribution in [0.4, 0.5) is 0 Å². The Balaban J connectivity index is 1.85. The molecule has 0 fully saturated rings. The molecule has 1 amide bonds. The third-order valence-corrected chi connectivity index (χ3v) is 3.84. The first-order valence-electron chi connectivity index (χ1n) is 6.39. The highest BCUT2D eigenvalue weighted by Gasteiger charge is 2.13. The molecule has 1 N–H and O–H groups in total. The van der Waals surface area contributed by atoms with Gasteiger partial charge in [-0.15, -0.1) is 0 Å². The van der Waals surface area contributed by atoms with Crippen molar-refractivity contribution in [2.75, 3.05) is 0 Å². The number of hydrogen-bond acceptors (Lipinski definition) is 2. The van der Waals surface area contributed by atoms with Gasteiger partial charge in [0.1, 0.15) is 0 Å². The minimum atomic E-state index is -0.329. The van der Waals surface area contributed by atoms with E-state index >= 15 is 0 Å². The molecule has 0 bridgehead atoms. The van der Waals surface area contributed by atoms with Gasteiger partial charge in [-0.2, -0.15) is 12.6 Å². The summed E-state index contributed by atoms with van der Waals surface area (Å²) in [5, 5.41) is 2.58. The summed E-state index contributed by atoms with van der Waals surface area (Å²) < 4.78 is 1.01. The molecule has 0 saturated carbocycles. The molecular formula is C16H16BrNOS. The van der Waals surface area contributed by atoms with Gasteiger partial charge in [-0.3, -0.25) is 4.79 Å². The third-order valence-electron chi connectivity index (χ3n) is 2.93. The average Bonchev–Trinajstić information content (AvgIpc) is 2.46. The summed E-state index contributed by atoms with van der Waals surface area (Å²) in [5.41, 5.74) is 2.18. The van der Waals surface area contributed by atoms with E-state index in [0.29, 0.717) is 13.0 Å². The van der Waals surface area contributed by atoms with E-state index in [0.717, 1.165) is 15.6 Å². The molecule has 2 aromatic carbocycles. The van der Waals surface area contributed by atoms with Crippen LogP contribution >= 0.6 is 28.6 Å². The Labute approximate surface area is 133 Å². The molecule has 0 aliphatic rings. The molecular weight excluding hydrogens is 334 g/mol.